The fourth-order valence-corrected chi connectivity index (χ4v) is 3.68. The molecule has 0 aliphatic rings. The van der Waals surface area contributed by atoms with Crippen molar-refractivity contribution in [3.63, 3.8) is 0 Å². The molecule has 142 valence electrons. The minimum Gasteiger partial charge on any atom is -0.491 e. The second-order valence-corrected chi connectivity index (χ2v) is 8.06. The van der Waals surface area contributed by atoms with Gasteiger partial charge in [-0.15, -0.1) is 0 Å². The maximum absolute atomic E-state index is 13.4. The van der Waals surface area contributed by atoms with E-state index in [1.807, 2.05) is 19.0 Å². The van der Waals surface area contributed by atoms with Gasteiger partial charge in [-0.1, -0.05) is 23.2 Å². The Balaban J connectivity index is 2.26. The molecule has 0 atom stereocenters. The van der Waals surface area contributed by atoms with E-state index in [1.54, 1.807) is 0 Å². The molecule has 0 radical (unpaired) electrons. The third-order valence-corrected chi connectivity index (χ3v) is 5.40. The van der Waals surface area contributed by atoms with Crippen LogP contribution in [-0.4, -0.2) is 40.6 Å². The van der Waals surface area contributed by atoms with E-state index in [0.717, 1.165) is 0 Å². The van der Waals surface area contributed by atoms with Crippen LogP contribution in [0.1, 0.15) is 0 Å². The van der Waals surface area contributed by atoms with Gasteiger partial charge < -0.3 is 9.64 Å². The van der Waals surface area contributed by atoms with E-state index >= 15 is 0 Å². The van der Waals surface area contributed by atoms with Crippen LogP contribution in [0.2, 0.25) is 10.0 Å². The Morgan fingerprint density at radius 2 is 1.73 bits per heavy atom. The summed E-state index contributed by atoms with van der Waals surface area (Å²) < 4.78 is 59.1. The third-order valence-electron chi connectivity index (χ3n) is 3.24. The number of nitrogens with zero attached hydrogens (tertiary/aromatic N) is 1. The molecule has 0 saturated heterocycles. The van der Waals surface area contributed by atoms with Crippen LogP contribution in [0.25, 0.3) is 0 Å². The Hall–Kier alpha value is -1.61. The predicted molar refractivity (Wildman–Crippen MR) is 97.7 cm³/mol. The first-order chi connectivity index (χ1) is 12.1. The Labute approximate surface area is 160 Å². The average molecular weight is 425 g/mol. The van der Waals surface area contributed by atoms with Crippen LogP contribution in [0.3, 0.4) is 0 Å². The van der Waals surface area contributed by atoms with Crippen LogP contribution in [0.4, 0.5) is 14.5 Å². The summed E-state index contributed by atoms with van der Waals surface area (Å²) in [7, 11) is -0.490. The third kappa shape index (κ3) is 5.20. The van der Waals surface area contributed by atoms with Crippen molar-refractivity contribution in [1.82, 2.24) is 4.90 Å². The molecule has 0 aliphatic heterocycles. The topological polar surface area (TPSA) is 58.6 Å². The summed E-state index contributed by atoms with van der Waals surface area (Å²) in [4.78, 5) is 1.33. The van der Waals surface area contributed by atoms with Gasteiger partial charge in [0.1, 0.15) is 17.3 Å². The maximum Gasteiger partial charge on any atom is 0.263 e. The second kappa shape index (κ2) is 8.39. The molecule has 0 fully saturated rings. The van der Waals surface area contributed by atoms with E-state index in [4.69, 9.17) is 27.9 Å². The van der Waals surface area contributed by atoms with Gasteiger partial charge in [0.05, 0.1) is 15.7 Å². The Morgan fingerprint density at radius 1 is 1.08 bits per heavy atom. The van der Waals surface area contributed by atoms with Crippen molar-refractivity contribution in [3.05, 3.63) is 52.0 Å². The molecule has 5 nitrogen and oxygen atoms in total. The van der Waals surface area contributed by atoms with Crippen LogP contribution in [0.15, 0.2) is 35.2 Å². The lowest BCUT2D eigenvalue weighted by Gasteiger charge is -2.14. The molecule has 2 aromatic rings. The Bertz CT molecular complexity index is 909. The zero-order valence-corrected chi connectivity index (χ0v) is 16.2. The van der Waals surface area contributed by atoms with Crippen molar-refractivity contribution < 1.29 is 21.9 Å². The van der Waals surface area contributed by atoms with Gasteiger partial charge in [0.25, 0.3) is 10.0 Å². The van der Waals surface area contributed by atoms with E-state index < -0.39 is 31.6 Å². The van der Waals surface area contributed by atoms with Crippen LogP contribution in [0, 0.1) is 11.6 Å². The molecule has 0 spiro atoms. The van der Waals surface area contributed by atoms with Crippen LogP contribution in [-0.2, 0) is 10.0 Å². The van der Waals surface area contributed by atoms with E-state index in [2.05, 4.69) is 4.72 Å². The van der Waals surface area contributed by atoms with Gasteiger partial charge in [-0.2, -0.15) is 0 Å². The first-order valence-electron chi connectivity index (χ1n) is 7.34. The first-order valence-corrected chi connectivity index (χ1v) is 9.58. The number of anilines is 1. The van der Waals surface area contributed by atoms with Gasteiger partial charge in [-0.25, -0.2) is 17.2 Å². The molecule has 2 aromatic carbocycles. The van der Waals surface area contributed by atoms with Crippen molar-refractivity contribution >= 4 is 38.9 Å². The SMILES string of the molecule is CN(C)CCOc1cc(NS(=O)(=O)c2cc(F)c(F)cc2Cl)ccc1Cl. The van der Waals surface area contributed by atoms with Gasteiger partial charge in [-0.3, -0.25) is 4.72 Å². The molecule has 2 rings (SSSR count). The number of rotatable bonds is 7. The van der Waals surface area contributed by atoms with Crippen molar-refractivity contribution in [2.75, 3.05) is 32.0 Å². The first kappa shape index (κ1) is 20.7. The number of likely N-dealkylation sites (N-methyl/N-ethyl adjacent to an activating group) is 1. The molecular formula is C16H16Cl2F2N2O3S. The summed E-state index contributed by atoms with van der Waals surface area (Å²) in [5, 5.41) is -0.134. The van der Waals surface area contributed by atoms with Crippen LogP contribution in [0.5, 0.6) is 5.75 Å². The average Bonchev–Trinajstić information content (AvgIpc) is 2.53. The van der Waals surface area contributed by atoms with Crippen molar-refractivity contribution in [2.24, 2.45) is 0 Å². The van der Waals surface area contributed by atoms with Gasteiger partial charge in [-0.05, 0) is 38.4 Å². The van der Waals surface area contributed by atoms with Crippen molar-refractivity contribution in [3.8, 4) is 5.75 Å². The summed E-state index contributed by atoms with van der Waals surface area (Å²) in [5.74, 6) is -2.28. The lowest BCUT2D eigenvalue weighted by Crippen LogP contribution is -2.19. The monoisotopic (exact) mass is 424 g/mol. The Kier molecular flexibility index (Phi) is 6.68. The lowest BCUT2D eigenvalue weighted by molar-refractivity contribution is 0.261. The summed E-state index contributed by atoms with van der Waals surface area (Å²) in [5.41, 5.74) is 0.134. The number of ether oxygens (including phenoxy) is 1. The summed E-state index contributed by atoms with van der Waals surface area (Å²) in [6, 6.07) is 5.38. The molecular weight excluding hydrogens is 409 g/mol. The zero-order valence-electron chi connectivity index (χ0n) is 13.9. The minimum atomic E-state index is -4.24. The highest BCUT2D eigenvalue weighted by molar-refractivity contribution is 7.92. The zero-order chi connectivity index (χ0) is 19.5. The highest BCUT2D eigenvalue weighted by Crippen LogP contribution is 2.31. The molecule has 0 amide bonds. The summed E-state index contributed by atoms with van der Waals surface area (Å²) >= 11 is 11.8. The number of halogens is 4. The number of benzene rings is 2. The van der Waals surface area contributed by atoms with E-state index in [1.165, 1.54) is 18.2 Å². The van der Waals surface area contributed by atoms with Crippen LogP contribution < -0.4 is 9.46 Å². The largest absolute Gasteiger partial charge is 0.491 e. The molecule has 1 N–H and O–H groups in total. The number of hydrogen-bond donors (Lipinski definition) is 1. The highest BCUT2D eigenvalue weighted by Gasteiger charge is 2.21. The number of sulfonamides is 1. The van der Waals surface area contributed by atoms with Gasteiger partial charge in [0.2, 0.25) is 0 Å². The molecule has 0 unspecified atom stereocenters. The molecule has 0 aromatic heterocycles. The molecule has 0 saturated carbocycles. The molecule has 0 heterocycles. The van der Waals surface area contributed by atoms with Gasteiger partial charge >= 0.3 is 0 Å². The second-order valence-electron chi connectivity index (χ2n) is 5.60. The van der Waals surface area contributed by atoms with Crippen molar-refractivity contribution in [2.45, 2.75) is 4.90 Å². The minimum absolute atomic E-state index is 0.134. The Morgan fingerprint density at radius 3 is 2.38 bits per heavy atom. The van der Waals surface area contributed by atoms with E-state index in [9.17, 15) is 17.2 Å². The number of hydrogen-bond acceptors (Lipinski definition) is 4. The lowest BCUT2D eigenvalue weighted by atomic mass is 10.3. The maximum atomic E-state index is 13.4. The highest BCUT2D eigenvalue weighted by atomic mass is 35.5. The van der Waals surface area contributed by atoms with Crippen molar-refractivity contribution in [1.29, 1.82) is 0 Å². The standard InChI is InChI=1S/C16H16Cl2F2N2O3S/c1-22(2)5-6-25-15-7-10(3-4-11(15)17)21-26(23,24)16-9-14(20)13(19)8-12(16)18/h3-4,7-9,21H,5-6H2,1-2H3. The van der Waals surface area contributed by atoms with Gasteiger partial charge in [0.15, 0.2) is 11.6 Å². The normalized spacial score (nSPS) is 11.7. The fraction of sp³-hybridized carbons (Fsp3) is 0.250. The van der Waals surface area contributed by atoms with E-state index in [0.29, 0.717) is 30.3 Å². The van der Waals surface area contributed by atoms with Crippen LogP contribution >= 0.6 is 23.2 Å². The molecule has 26 heavy (non-hydrogen) atoms. The molecule has 0 aliphatic carbocycles. The van der Waals surface area contributed by atoms with Gasteiger partial charge in [0, 0.05) is 12.6 Å². The smallest absolute Gasteiger partial charge is 0.263 e. The quantitative estimate of drug-likeness (QED) is 0.682. The number of nitrogens with one attached hydrogen (secondary N) is 1. The fourth-order valence-electron chi connectivity index (χ4n) is 1.94. The summed E-state index contributed by atoms with van der Waals surface area (Å²) in [6.07, 6.45) is 0. The predicted octanol–water partition coefficient (Wildman–Crippen LogP) is 4.01. The summed E-state index contributed by atoms with van der Waals surface area (Å²) in [6.45, 7) is 0.981. The molecule has 0 bridgehead atoms. The van der Waals surface area contributed by atoms with E-state index in [-0.39, 0.29) is 11.4 Å². The molecule has 10 heteroatoms.